The van der Waals surface area contributed by atoms with Crippen molar-refractivity contribution in [2.45, 2.75) is 76.9 Å². The van der Waals surface area contributed by atoms with Crippen LogP contribution in [0.5, 0.6) is 0 Å². The van der Waals surface area contributed by atoms with Crippen molar-refractivity contribution < 1.29 is 14.6 Å². The number of hydrogen-bond acceptors (Lipinski definition) is 6. The second-order valence-electron chi connectivity index (χ2n) is 9.91. The second-order valence-corrected chi connectivity index (χ2v) is 9.91. The zero-order valence-corrected chi connectivity index (χ0v) is 20.6. The molecular formula is C27H36N4O3. The largest absolute Gasteiger partial charge is 0.481 e. The maximum atomic E-state index is 11.3. The van der Waals surface area contributed by atoms with Crippen LogP contribution in [0.4, 0.5) is 17.2 Å². The van der Waals surface area contributed by atoms with Crippen LogP contribution in [0, 0.1) is 17.2 Å². The van der Waals surface area contributed by atoms with Gasteiger partial charge in [-0.25, -0.2) is 4.98 Å². The molecule has 0 spiro atoms. The number of pyridine rings is 1. The number of carboxylic acid groups (broad SMARTS) is 1. The van der Waals surface area contributed by atoms with E-state index in [0.717, 1.165) is 49.0 Å². The van der Waals surface area contributed by atoms with E-state index in [-0.39, 0.29) is 17.9 Å². The summed E-state index contributed by atoms with van der Waals surface area (Å²) < 4.78 is 5.62. The van der Waals surface area contributed by atoms with E-state index >= 15 is 0 Å². The number of nitrogens with zero attached hydrogens (tertiary/aromatic N) is 2. The van der Waals surface area contributed by atoms with Crippen LogP contribution in [0.25, 0.3) is 0 Å². The summed E-state index contributed by atoms with van der Waals surface area (Å²) in [5, 5.41) is 25.6. The molecule has 3 rings (SSSR count). The smallest absolute Gasteiger partial charge is 0.303 e. The number of hydrogen-bond donors (Lipinski definition) is 3. The van der Waals surface area contributed by atoms with Crippen LogP contribution < -0.4 is 10.6 Å². The quantitative estimate of drug-likeness (QED) is 0.392. The molecule has 2 aromatic rings. The normalized spacial score (nSPS) is 21.0. The summed E-state index contributed by atoms with van der Waals surface area (Å²) in [5.74, 6) is 0.232. The highest BCUT2D eigenvalue weighted by Gasteiger charge is 2.36. The third-order valence-corrected chi connectivity index (χ3v) is 6.67. The molecule has 1 aliphatic rings. The lowest BCUT2D eigenvalue weighted by atomic mass is 9.75. The molecule has 0 unspecified atom stereocenters. The van der Waals surface area contributed by atoms with Crippen molar-refractivity contribution in [3.8, 4) is 6.07 Å². The molecule has 0 saturated heterocycles. The predicted molar refractivity (Wildman–Crippen MR) is 134 cm³/mol. The van der Waals surface area contributed by atoms with E-state index in [1.54, 1.807) is 25.4 Å². The highest BCUT2D eigenvalue weighted by atomic mass is 16.5. The average molecular weight is 465 g/mol. The number of methoxy groups -OCH3 is 1. The Morgan fingerprint density at radius 3 is 2.53 bits per heavy atom. The van der Waals surface area contributed by atoms with Crippen molar-refractivity contribution >= 4 is 23.2 Å². The lowest BCUT2D eigenvalue weighted by Crippen LogP contribution is -2.44. The first-order valence-corrected chi connectivity index (χ1v) is 12.0. The molecule has 7 nitrogen and oxygen atoms in total. The van der Waals surface area contributed by atoms with E-state index in [1.165, 1.54) is 0 Å². The molecule has 1 fully saturated rings. The first kappa shape index (κ1) is 25.5. The molecule has 3 N–H and O–H groups in total. The van der Waals surface area contributed by atoms with Crippen LogP contribution in [0.1, 0.15) is 76.3 Å². The average Bonchev–Trinajstić information content (AvgIpc) is 2.80. The molecule has 0 amide bonds. The third kappa shape index (κ3) is 6.71. The number of rotatable bonds is 10. The predicted octanol–water partition coefficient (Wildman–Crippen LogP) is 6.06. The van der Waals surface area contributed by atoms with Gasteiger partial charge in [0.05, 0.1) is 29.5 Å². The van der Waals surface area contributed by atoms with Crippen molar-refractivity contribution in [1.82, 2.24) is 4.98 Å². The molecule has 1 atom stereocenters. The standard InChI is InChI=1S/C27H36N4O3/c1-18(2)15-27(11-9-22(34-4)10-12-27)31-23-7-6-21(19(3)13-26(32)33)14-24(23)30-25-8-5-20(16-28)17-29-25/h5-8,14,17-19,22,31H,9-13,15H2,1-4H3,(H,29,30)(H,32,33)/t19-,22?,27?/m1/s1. The fourth-order valence-electron chi connectivity index (χ4n) is 4.96. The van der Waals surface area contributed by atoms with Crippen molar-refractivity contribution in [2.24, 2.45) is 5.92 Å². The molecule has 1 aliphatic carbocycles. The van der Waals surface area contributed by atoms with Crippen LogP contribution in [0.2, 0.25) is 0 Å². The van der Waals surface area contributed by atoms with E-state index in [4.69, 9.17) is 10.00 Å². The van der Waals surface area contributed by atoms with Crippen molar-refractivity contribution in [3.63, 3.8) is 0 Å². The topological polar surface area (TPSA) is 107 Å². The van der Waals surface area contributed by atoms with Gasteiger partial charge in [-0.1, -0.05) is 26.8 Å². The summed E-state index contributed by atoms with van der Waals surface area (Å²) in [6, 6.07) is 11.7. The molecule has 1 aromatic carbocycles. The van der Waals surface area contributed by atoms with Crippen molar-refractivity contribution in [2.75, 3.05) is 17.7 Å². The maximum Gasteiger partial charge on any atom is 0.303 e. The van der Waals surface area contributed by atoms with Gasteiger partial charge in [-0.05, 0) is 73.8 Å². The van der Waals surface area contributed by atoms with Crippen molar-refractivity contribution in [3.05, 3.63) is 47.7 Å². The third-order valence-electron chi connectivity index (χ3n) is 6.67. The molecule has 34 heavy (non-hydrogen) atoms. The first-order chi connectivity index (χ1) is 16.2. The Balaban J connectivity index is 1.94. The number of benzene rings is 1. The Morgan fingerprint density at radius 1 is 1.24 bits per heavy atom. The number of carbonyl (C=O) groups is 1. The number of aliphatic carboxylic acids is 1. The van der Waals surface area contributed by atoms with Crippen LogP contribution >= 0.6 is 0 Å². The summed E-state index contributed by atoms with van der Waals surface area (Å²) in [6.45, 7) is 6.43. The SMILES string of the molecule is COC1CCC(CC(C)C)(Nc2ccc([C@H](C)CC(=O)O)cc2Nc2ccc(C#N)cn2)CC1. The van der Waals surface area contributed by atoms with Gasteiger partial charge in [0, 0.05) is 18.8 Å². The zero-order chi connectivity index (χ0) is 24.7. The van der Waals surface area contributed by atoms with Crippen LogP contribution in [-0.4, -0.2) is 34.8 Å². The van der Waals surface area contributed by atoms with Crippen molar-refractivity contribution in [1.29, 1.82) is 5.26 Å². The Hall–Kier alpha value is -3.11. The lowest BCUT2D eigenvalue weighted by molar-refractivity contribution is -0.137. The second kappa shape index (κ2) is 11.3. The van der Waals surface area contributed by atoms with Gasteiger partial charge in [0.15, 0.2) is 0 Å². The maximum absolute atomic E-state index is 11.3. The number of aromatic nitrogens is 1. The molecule has 1 heterocycles. The van der Waals surface area contributed by atoms with Gasteiger partial charge in [-0.2, -0.15) is 5.26 Å². The fourth-order valence-corrected chi connectivity index (χ4v) is 4.96. The molecule has 182 valence electrons. The van der Waals surface area contributed by atoms with Crippen LogP contribution in [0.15, 0.2) is 36.5 Å². The summed E-state index contributed by atoms with van der Waals surface area (Å²) in [6.07, 6.45) is 7.05. The number of nitriles is 1. The van der Waals surface area contributed by atoms with Gasteiger partial charge in [-0.3, -0.25) is 4.79 Å². The van der Waals surface area contributed by atoms with E-state index in [0.29, 0.717) is 23.4 Å². The molecule has 7 heteroatoms. The highest BCUT2D eigenvalue weighted by molar-refractivity contribution is 5.75. The molecule has 1 aromatic heterocycles. The lowest BCUT2D eigenvalue weighted by Gasteiger charge is -2.43. The summed E-state index contributed by atoms with van der Waals surface area (Å²) in [7, 11) is 1.79. The van der Waals surface area contributed by atoms with Gasteiger partial charge < -0.3 is 20.5 Å². The summed E-state index contributed by atoms with van der Waals surface area (Å²) in [5.41, 5.74) is 3.23. The van der Waals surface area contributed by atoms with Gasteiger partial charge >= 0.3 is 5.97 Å². The minimum Gasteiger partial charge on any atom is -0.481 e. The summed E-state index contributed by atoms with van der Waals surface area (Å²) >= 11 is 0. The van der Waals surface area contributed by atoms with Gasteiger partial charge in [0.25, 0.3) is 0 Å². The monoisotopic (exact) mass is 464 g/mol. The van der Waals surface area contributed by atoms with Crippen LogP contribution in [0.3, 0.4) is 0 Å². The zero-order valence-electron chi connectivity index (χ0n) is 20.6. The Morgan fingerprint density at radius 2 is 1.97 bits per heavy atom. The molecule has 0 bridgehead atoms. The molecular weight excluding hydrogens is 428 g/mol. The minimum atomic E-state index is -0.816. The van der Waals surface area contributed by atoms with Crippen LogP contribution in [-0.2, 0) is 9.53 Å². The van der Waals surface area contributed by atoms with E-state index in [1.807, 2.05) is 25.1 Å². The Kier molecular flexibility index (Phi) is 8.51. The van der Waals surface area contributed by atoms with E-state index in [2.05, 4.69) is 35.5 Å². The van der Waals surface area contributed by atoms with Gasteiger partial charge in [-0.15, -0.1) is 0 Å². The summed E-state index contributed by atoms with van der Waals surface area (Å²) in [4.78, 5) is 15.6. The van der Waals surface area contributed by atoms with Gasteiger partial charge in [0.1, 0.15) is 11.9 Å². The van der Waals surface area contributed by atoms with E-state index in [9.17, 15) is 9.90 Å². The van der Waals surface area contributed by atoms with E-state index < -0.39 is 5.97 Å². The number of ether oxygens (including phenoxy) is 1. The Labute approximate surface area is 202 Å². The minimum absolute atomic E-state index is 0.0358. The fraction of sp³-hybridized carbons (Fsp3) is 0.519. The molecule has 1 saturated carbocycles. The molecule has 0 aliphatic heterocycles. The van der Waals surface area contributed by atoms with Gasteiger partial charge in [0.2, 0.25) is 0 Å². The number of nitrogens with one attached hydrogen (secondary N) is 2. The first-order valence-electron chi connectivity index (χ1n) is 12.0. The number of anilines is 3. The Bertz CT molecular complexity index is 1010. The highest BCUT2D eigenvalue weighted by Crippen LogP contribution is 2.40. The molecule has 0 radical (unpaired) electrons. The number of carboxylic acids is 1.